The molecule has 0 aliphatic rings. The molecule has 0 radical (unpaired) electrons. The fourth-order valence-corrected chi connectivity index (χ4v) is 6.12. The number of rotatable bonds is 20. The van der Waals surface area contributed by atoms with Gasteiger partial charge in [0.2, 0.25) is 11.0 Å². The van der Waals surface area contributed by atoms with E-state index in [1.54, 1.807) is 6.07 Å². The Hall–Kier alpha value is -3.60. The number of amides is 1. The van der Waals surface area contributed by atoms with Crippen molar-refractivity contribution in [1.29, 1.82) is 5.26 Å². The summed E-state index contributed by atoms with van der Waals surface area (Å²) in [5.41, 5.74) is 2.26. The number of hydrogen-bond donors (Lipinski definition) is 1. The molecule has 45 heavy (non-hydrogen) atoms. The number of nitro benzene ring substituents is 1. The quantitative estimate of drug-likeness (QED) is 0.0424. The number of nitrogens with one attached hydrogen (secondary N) is 1. The second kappa shape index (κ2) is 19.0. The summed E-state index contributed by atoms with van der Waals surface area (Å²) >= 11 is 1.24. The van der Waals surface area contributed by atoms with Crippen molar-refractivity contribution in [2.45, 2.75) is 58.4 Å². The molecule has 1 aromatic heterocycles. The third-order valence-electron chi connectivity index (χ3n) is 6.80. The molecule has 1 atom stereocenters. The first kappa shape index (κ1) is 35.9. The number of fused-ring (bicyclic) bond motifs is 1. The number of anilines is 1. The molecule has 2 aromatic carbocycles. The number of unbranched alkanes of at least 4 members (excludes halogenated alkanes) is 3. The van der Waals surface area contributed by atoms with Gasteiger partial charge in [0, 0.05) is 50.4 Å². The molecule has 242 valence electrons. The number of thiazole rings is 1. The predicted octanol–water partition coefficient (Wildman–Crippen LogP) is 7.64. The van der Waals surface area contributed by atoms with E-state index in [0.29, 0.717) is 66.2 Å². The Bertz CT molecular complexity index is 1450. The number of carbonyl (C=O) groups excluding carboxylic acids is 1. The zero-order valence-electron chi connectivity index (χ0n) is 26.2. The Morgan fingerprint density at radius 3 is 2.56 bits per heavy atom. The van der Waals surface area contributed by atoms with Crippen molar-refractivity contribution in [2.24, 2.45) is 10.2 Å². The summed E-state index contributed by atoms with van der Waals surface area (Å²) in [4.78, 5) is 29.3. The molecule has 0 aliphatic carbocycles. The van der Waals surface area contributed by atoms with Gasteiger partial charge < -0.3 is 19.3 Å². The molecule has 0 spiro atoms. The summed E-state index contributed by atoms with van der Waals surface area (Å²) in [6.45, 7) is 6.37. The second-order valence-electron chi connectivity index (χ2n) is 10.5. The second-order valence-corrected chi connectivity index (χ2v) is 13.2. The normalized spacial score (nSPS) is 12.2. The van der Waals surface area contributed by atoms with Crippen molar-refractivity contribution < 1.29 is 18.8 Å². The van der Waals surface area contributed by atoms with Gasteiger partial charge in [0.25, 0.3) is 14.2 Å². The fourth-order valence-electron chi connectivity index (χ4n) is 3.95. The van der Waals surface area contributed by atoms with E-state index in [1.807, 2.05) is 43.3 Å². The SMILES string of the molecule is CC(C)N(C)P(OCCC#N)OCCCCCCNC(=O)CCN(C)c1ccc(N=Nc2nc3ccc([N+](=O)[O-])cc3s2)cc1. The topological polar surface area (TPSA) is 159 Å². The van der Waals surface area contributed by atoms with Crippen LogP contribution in [0.1, 0.15) is 52.4 Å². The average Bonchev–Trinajstić information content (AvgIpc) is 3.45. The smallest absolute Gasteiger partial charge is 0.270 e. The van der Waals surface area contributed by atoms with Gasteiger partial charge in [-0.3, -0.25) is 14.9 Å². The lowest BCUT2D eigenvalue weighted by Crippen LogP contribution is -2.29. The Balaban J connectivity index is 1.30. The summed E-state index contributed by atoms with van der Waals surface area (Å²) in [6.07, 6.45) is 4.58. The van der Waals surface area contributed by atoms with Crippen LogP contribution in [0.2, 0.25) is 0 Å². The molecule has 0 fully saturated rings. The molecule has 13 nitrogen and oxygen atoms in total. The largest absolute Gasteiger partial charge is 0.374 e. The lowest BCUT2D eigenvalue weighted by atomic mass is 10.2. The highest BCUT2D eigenvalue weighted by Gasteiger charge is 2.20. The minimum Gasteiger partial charge on any atom is -0.374 e. The molecule has 1 N–H and O–H groups in total. The molecule has 0 aliphatic heterocycles. The molecule has 3 aromatic rings. The molecule has 1 unspecified atom stereocenters. The maximum atomic E-state index is 12.3. The van der Waals surface area contributed by atoms with Crippen LogP contribution in [0.15, 0.2) is 52.7 Å². The number of azo groups is 1. The highest BCUT2D eigenvalue weighted by Crippen LogP contribution is 2.43. The monoisotopic (exact) mass is 656 g/mol. The van der Waals surface area contributed by atoms with Crippen LogP contribution in [-0.2, 0) is 13.8 Å². The maximum Gasteiger partial charge on any atom is 0.270 e. The number of benzene rings is 2. The predicted molar refractivity (Wildman–Crippen MR) is 178 cm³/mol. The summed E-state index contributed by atoms with van der Waals surface area (Å²) < 4.78 is 14.5. The van der Waals surface area contributed by atoms with Gasteiger partial charge in [0.1, 0.15) is 0 Å². The van der Waals surface area contributed by atoms with Gasteiger partial charge in [-0.1, -0.05) is 24.2 Å². The van der Waals surface area contributed by atoms with Gasteiger partial charge >= 0.3 is 0 Å². The zero-order valence-corrected chi connectivity index (χ0v) is 27.9. The molecule has 1 heterocycles. The van der Waals surface area contributed by atoms with Crippen LogP contribution in [0.25, 0.3) is 10.2 Å². The van der Waals surface area contributed by atoms with Crippen LogP contribution in [0.3, 0.4) is 0 Å². The Labute approximate surface area is 269 Å². The van der Waals surface area contributed by atoms with Gasteiger partial charge in [-0.2, -0.15) is 5.26 Å². The van der Waals surface area contributed by atoms with Crippen molar-refractivity contribution in [1.82, 2.24) is 15.0 Å². The van der Waals surface area contributed by atoms with E-state index >= 15 is 0 Å². The molecule has 15 heteroatoms. The lowest BCUT2D eigenvalue weighted by molar-refractivity contribution is -0.384. The van der Waals surface area contributed by atoms with Gasteiger partial charge in [-0.05, 0) is 64.1 Å². The first-order chi connectivity index (χ1) is 21.7. The van der Waals surface area contributed by atoms with E-state index in [4.69, 9.17) is 14.3 Å². The number of carbonyl (C=O) groups is 1. The first-order valence-electron chi connectivity index (χ1n) is 14.9. The third-order valence-corrected chi connectivity index (χ3v) is 9.49. The van der Waals surface area contributed by atoms with Crippen LogP contribution in [0.4, 0.5) is 22.2 Å². The van der Waals surface area contributed by atoms with Crippen LogP contribution >= 0.6 is 19.9 Å². The number of nitro groups is 1. The van der Waals surface area contributed by atoms with E-state index in [0.717, 1.165) is 31.4 Å². The third kappa shape index (κ3) is 12.4. The van der Waals surface area contributed by atoms with Gasteiger partial charge in [-0.15, -0.1) is 10.2 Å². The Kier molecular flexibility index (Phi) is 15.2. The van der Waals surface area contributed by atoms with E-state index in [9.17, 15) is 14.9 Å². The molecule has 1 amide bonds. The average molecular weight is 657 g/mol. The van der Waals surface area contributed by atoms with E-state index in [-0.39, 0.29) is 11.6 Å². The van der Waals surface area contributed by atoms with Gasteiger partial charge in [0.05, 0.1) is 46.5 Å². The first-order valence-corrected chi connectivity index (χ1v) is 16.8. The molecule has 0 saturated carbocycles. The van der Waals surface area contributed by atoms with E-state index in [1.165, 1.54) is 23.5 Å². The van der Waals surface area contributed by atoms with Crippen molar-refractivity contribution in [3.05, 3.63) is 52.6 Å². The van der Waals surface area contributed by atoms with Crippen LogP contribution < -0.4 is 10.2 Å². The standard InChI is InChI=1S/C30H41N8O5PS/c1-23(2)37(4)44(43-21-9-17-31)42-20-8-6-5-7-18-32-29(39)16-19-36(3)25-12-10-24(11-13-25)34-35-30-33-27-15-14-26(38(40)41)22-28(27)45-30/h10-15,22-23H,5-9,16,18-21H2,1-4H3,(H,32,39). The van der Waals surface area contributed by atoms with Crippen LogP contribution in [-0.4, -0.2) is 66.9 Å². The zero-order chi connectivity index (χ0) is 32.6. The van der Waals surface area contributed by atoms with Crippen LogP contribution in [0.5, 0.6) is 0 Å². The van der Waals surface area contributed by atoms with Crippen molar-refractivity contribution >= 4 is 58.2 Å². The molecular weight excluding hydrogens is 615 g/mol. The molecule has 0 bridgehead atoms. The summed E-state index contributed by atoms with van der Waals surface area (Å²) in [5.74, 6) is 0.0219. The summed E-state index contributed by atoms with van der Waals surface area (Å²) in [5, 5.41) is 31.6. The van der Waals surface area contributed by atoms with Gasteiger partial charge in [0.15, 0.2) is 0 Å². The van der Waals surface area contributed by atoms with Crippen molar-refractivity contribution in [2.75, 3.05) is 45.3 Å². The Morgan fingerprint density at radius 1 is 1.11 bits per heavy atom. The fraction of sp³-hybridized carbons (Fsp3) is 0.500. The number of nitrogens with zero attached hydrogens (tertiary/aromatic N) is 7. The van der Waals surface area contributed by atoms with E-state index in [2.05, 4.69) is 45.1 Å². The van der Waals surface area contributed by atoms with Crippen LogP contribution in [0, 0.1) is 21.4 Å². The highest BCUT2D eigenvalue weighted by molar-refractivity contribution is 7.44. The maximum absolute atomic E-state index is 12.3. The lowest BCUT2D eigenvalue weighted by Gasteiger charge is -2.28. The van der Waals surface area contributed by atoms with E-state index < -0.39 is 13.4 Å². The minimum atomic E-state index is -1.16. The van der Waals surface area contributed by atoms with Crippen molar-refractivity contribution in [3.8, 4) is 6.07 Å². The molecular formula is C30H41N8O5PS. The highest BCUT2D eigenvalue weighted by atomic mass is 32.1. The van der Waals surface area contributed by atoms with Gasteiger partial charge in [-0.25, -0.2) is 9.65 Å². The number of hydrogen-bond acceptors (Lipinski definition) is 12. The number of non-ortho nitro benzene ring substituents is 1. The number of aromatic nitrogens is 1. The summed E-state index contributed by atoms with van der Waals surface area (Å²) in [7, 11) is 2.75. The Morgan fingerprint density at radius 2 is 1.84 bits per heavy atom. The molecule has 3 rings (SSSR count). The number of nitriles is 1. The molecule has 0 saturated heterocycles. The minimum absolute atomic E-state index is 0.0151. The van der Waals surface area contributed by atoms with Crippen molar-refractivity contribution in [3.63, 3.8) is 0 Å². The summed E-state index contributed by atoms with van der Waals surface area (Å²) in [6, 6.07) is 14.4.